The first-order valence-corrected chi connectivity index (χ1v) is 9.49. The Bertz CT molecular complexity index is 1190. The van der Waals surface area contributed by atoms with Crippen molar-refractivity contribution in [1.29, 1.82) is 0 Å². The SMILES string of the molecule is CC(O)(c1ccc(Cc2cc(-c3c(F)cccc3F)nc3c2C(=O)NC3)nc1)C(F)(F)F. The lowest BCUT2D eigenvalue weighted by Gasteiger charge is -2.26. The number of halogens is 5. The topological polar surface area (TPSA) is 75.1 Å². The number of nitrogens with one attached hydrogen (secondary N) is 1. The molecular weight excluding hydrogens is 433 g/mol. The van der Waals surface area contributed by atoms with Gasteiger partial charge in [-0.25, -0.2) is 13.8 Å². The molecule has 5 nitrogen and oxygen atoms in total. The number of pyridine rings is 2. The molecule has 0 aliphatic carbocycles. The quantitative estimate of drug-likeness (QED) is 0.590. The van der Waals surface area contributed by atoms with E-state index in [0.29, 0.717) is 23.9 Å². The molecule has 4 rings (SSSR count). The third kappa shape index (κ3) is 3.70. The molecule has 1 aliphatic rings. The predicted molar refractivity (Wildman–Crippen MR) is 103 cm³/mol. The lowest BCUT2D eigenvalue weighted by Crippen LogP contribution is -2.39. The maximum atomic E-state index is 14.3. The number of aromatic nitrogens is 2. The summed E-state index contributed by atoms with van der Waals surface area (Å²) < 4.78 is 67.7. The maximum absolute atomic E-state index is 14.3. The summed E-state index contributed by atoms with van der Waals surface area (Å²) in [5.74, 6) is -2.06. The lowest BCUT2D eigenvalue weighted by molar-refractivity contribution is -0.259. The van der Waals surface area contributed by atoms with Gasteiger partial charge in [0.05, 0.1) is 29.1 Å². The number of hydrogen-bond donors (Lipinski definition) is 2. The second kappa shape index (κ2) is 7.63. The van der Waals surface area contributed by atoms with Crippen LogP contribution in [0.5, 0.6) is 0 Å². The predicted octanol–water partition coefficient (Wildman–Crippen LogP) is 4.03. The number of nitrogens with zero attached hydrogens (tertiary/aromatic N) is 2. The van der Waals surface area contributed by atoms with Crippen LogP contribution in [0.15, 0.2) is 42.6 Å². The minimum Gasteiger partial charge on any atom is -0.376 e. The number of fused-ring (bicyclic) bond motifs is 1. The summed E-state index contributed by atoms with van der Waals surface area (Å²) in [7, 11) is 0. The van der Waals surface area contributed by atoms with Gasteiger partial charge in [-0.1, -0.05) is 12.1 Å². The van der Waals surface area contributed by atoms with Gasteiger partial charge in [0.2, 0.25) is 0 Å². The number of aliphatic hydroxyl groups is 1. The molecule has 2 aromatic heterocycles. The van der Waals surface area contributed by atoms with Crippen LogP contribution >= 0.6 is 0 Å². The Balaban J connectivity index is 1.74. The van der Waals surface area contributed by atoms with Gasteiger partial charge in [-0.2, -0.15) is 13.2 Å². The van der Waals surface area contributed by atoms with Crippen LogP contribution in [-0.4, -0.2) is 27.2 Å². The Morgan fingerprint density at radius 2 is 1.78 bits per heavy atom. The molecule has 32 heavy (non-hydrogen) atoms. The minimum atomic E-state index is -4.89. The molecule has 3 aromatic rings. The molecule has 0 bridgehead atoms. The Morgan fingerprint density at radius 1 is 1.09 bits per heavy atom. The number of alkyl halides is 3. The zero-order valence-corrected chi connectivity index (χ0v) is 16.6. The molecule has 0 saturated carbocycles. The second-order valence-corrected chi connectivity index (χ2v) is 7.55. The van der Waals surface area contributed by atoms with E-state index in [1.165, 1.54) is 18.2 Å². The first-order chi connectivity index (χ1) is 15.0. The van der Waals surface area contributed by atoms with Crippen molar-refractivity contribution in [2.24, 2.45) is 0 Å². The van der Waals surface area contributed by atoms with Gasteiger partial charge >= 0.3 is 6.18 Å². The molecule has 1 unspecified atom stereocenters. The number of carbonyl (C=O) groups is 1. The van der Waals surface area contributed by atoms with E-state index in [-0.39, 0.29) is 29.8 Å². The van der Waals surface area contributed by atoms with Crippen molar-refractivity contribution in [1.82, 2.24) is 15.3 Å². The van der Waals surface area contributed by atoms with Crippen molar-refractivity contribution in [3.8, 4) is 11.3 Å². The average molecular weight is 449 g/mol. The van der Waals surface area contributed by atoms with Gasteiger partial charge in [0.15, 0.2) is 5.60 Å². The number of hydrogen-bond acceptors (Lipinski definition) is 4. The van der Waals surface area contributed by atoms with Crippen LogP contribution in [0, 0.1) is 11.6 Å². The van der Waals surface area contributed by atoms with Crippen LogP contribution in [0.4, 0.5) is 22.0 Å². The van der Waals surface area contributed by atoms with E-state index < -0.39 is 34.9 Å². The van der Waals surface area contributed by atoms with Crippen LogP contribution in [0.3, 0.4) is 0 Å². The Hall–Kier alpha value is -3.40. The first kappa shape index (κ1) is 21.8. The molecule has 1 amide bonds. The van der Waals surface area contributed by atoms with Crippen molar-refractivity contribution in [2.75, 3.05) is 0 Å². The molecule has 3 heterocycles. The van der Waals surface area contributed by atoms with E-state index in [1.54, 1.807) is 0 Å². The maximum Gasteiger partial charge on any atom is 0.421 e. The van der Waals surface area contributed by atoms with E-state index in [4.69, 9.17) is 0 Å². The number of rotatable bonds is 4. The molecular formula is C22H16F5N3O2. The van der Waals surface area contributed by atoms with E-state index in [9.17, 15) is 31.9 Å². The van der Waals surface area contributed by atoms with Gasteiger partial charge in [0, 0.05) is 23.9 Å². The highest BCUT2D eigenvalue weighted by molar-refractivity contribution is 5.99. The summed E-state index contributed by atoms with van der Waals surface area (Å²) in [6.45, 7) is 0.699. The molecule has 0 fully saturated rings. The number of amides is 1. The van der Waals surface area contributed by atoms with Crippen molar-refractivity contribution in [3.05, 3.63) is 82.3 Å². The molecule has 1 atom stereocenters. The monoisotopic (exact) mass is 449 g/mol. The van der Waals surface area contributed by atoms with Crippen molar-refractivity contribution in [3.63, 3.8) is 0 Å². The summed E-state index contributed by atoms with van der Waals surface area (Å²) in [4.78, 5) is 20.5. The van der Waals surface area contributed by atoms with Crippen molar-refractivity contribution >= 4 is 5.91 Å². The molecule has 1 aliphatic heterocycles. The van der Waals surface area contributed by atoms with Crippen molar-refractivity contribution < 1.29 is 31.9 Å². The molecule has 0 saturated heterocycles. The summed E-state index contributed by atoms with van der Waals surface area (Å²) in [6, 6.07) is 7.14. The van der Waals surface area contributed by atoms with Crippen LogP contribution in [-0.2, 0) is 18.6 Å². The normalized spacial score (nSPS) is 15.3. The fraction of sp³-hybridized carbons (Fsp3) is 0.227. The Kier molecular flexibility index (Phi) is 5.20. The summed E-state index contributed by atoms with van der Waals surface area (Å²) in [5.41, 5.74) is -2.68. The largest absolute Gasteiger partial charge is 0.421 e. The fourth-order valence-electron chi connectivity index (χ4n) is 3.50. The van der Waals surface area contributed by atoms with E-state index >= 15 is 0 Å². The highest BCUT2D eigenvalue weighted by Crippen LogP contribution is 2.38. The zero-order valence-electron chi connectivity index (χ0n) is 16.6. The van der Waals surface area contributed by atoms with Crippen LogP contribution in [0.2, 0.25) is 0 Å². The van der Waals surface area contributed by atoms with Crippen LogP contribution in [0.1, 0.15) is 39.8 Å². The Labute approximate surface area is 179 Å². The molecule has 0 radical (unpaired) electrons. The molecule has 0 spiro atoms. The zero-order chi connectivity index (χ0) is 23.3. The van der Waals surface area contributed by atoms with Gasteiger partial charge in [-0.05, 0) is 36.8 Å². The van der Waals surface area contributed by atoms with Gasteiger partial charge in [-0.3, -0.25) is 9.78 Å². The average Bonchev–Trinajstić information content (AvgIpc) is 3.08. The third-order valence-electron chi connectivity index (χ3n) is 5.35. The van der Waals surface area contributed by atoms with Crippen molar-refractivity contribution in [2.45, 2.75) is 31.7 Å². The van der Waals surface area contributed by atoms with E-state index in [1.807, 2.05) is 0 Å². The van der Waals surface area contributed by atoms with Crippen LogP contribution in [0.25, 0.3) is 11.3 Å². The molecule has 166 valence electrons. The number of carbonyl (C=O) groups excluding carboxylic acids is 1. The van der Waals surface area contributed by atoms with E-state index in [0.717, 1.165) is 24.4 Å². The van der Waals surface area contributed by atoms with Gasteiger partial charge in [0.25, 0.3) is 5.91 Å². The summed E-state index contributed by atoms with van der Waals surface area (Å²) in [5, 5.41) is 12.4. The summed E-state index contributed by atoms with van der Waals surface area (Å²) in [6.07, 6.45) is -3.99. The second-order valence-electron chi connectivity index (χ2n) is 7.55. The highest BCUT2D eigenvalue weighted by Gasteiger charge is 2.51. The number of benzene rings is 1. The van der Waals surface area contributed by atoms with Gasteiger partial charge in [-0.15, -0.1) is 0 Å². The third-order valence-corrected chi connectivity index (χ3v) is 5.35. The Morgan fingerprint density at radius 3 is 2.38 bits per heavy atom. The highest BCUT2D eigenvalue weighted by atomic mass is 19.4. The standard InChI is InChI=1S/C22H16F5N3O2/c1-21(32,22(25,26)27)12-5-6-13(28-9-12)7-11-8-16(19-14(23)3-2-4-15(19)24)30-17-10-29-20(31)18(11)17/h2-6,8-9,32H,7,10H2,1H3,(H,29,31). The summed E-state index contributed by atoms with van der Waals surface area (Å²) >= 11 is 0. The van der Waals surface area contributed by atoms with Crippen LogP contribution < -0.4 is 5.32 Å². The van der Waals surface area contributed by atoms with Gasteiger partial charge < -0.3 is 10.4 Å². The lowest BCUT2D eigenvalue weighted by atomic mass is 9.95. The molecule has 10 heteroatoms. The fourth-order valence-corrected chi connectivity index (χ4v) is 3.50. The minimum absolute atomic E-state index is 0.00418. The first-order valence-electron chi connectivity index (χ1n) is 9.49. The molecule has 1 aromatic carbocycles. The molecule has 2 N–H and O–H groups in total. The smallest absolute Gasteiger partial charge is 0.376 e. The van der Waals surface area contributed by atoms with Gasteiger partial charge in [0.1, 0.15) is 11.6 Å². The van der Waals surface area contributed by atoms with E-state index in [2.05, 4.69) is 15.3 Å².